The fraction of sp³-hybridized carbons (Fsp3) is 0.355. The van der Waals surface area contributed by atoms with E-state index in [0.29, 0.717) is 24.5 Å². The molecule has 2 aromatic carbocycles. The average molecular weight is 442 g/mol. The molecular weight excluding hydrogens is 402 g/mol. The number of nitrogens with zero attached hydrogens (tertiary/aromatic N) is 1. The van der Waals surface area contributed by atoms with Gasteiger partial charge in [-0.05, 0) is 66.4 Å². The molecule has 1 unspecified atom stereocenters. The van der Waals surface area contributed by atoms with Gasteiger partial charge < -0.3 is 0 Å². The van der Waals surface area contributed by atoms with Crippen LogP contribution >= 0.6 is 0 Å². The minimum Gasteiger partial charge on any atom is -0.300 e. The van der Waals surface area contributed by atoms with Crippen LogP contribution in [0.25, 0.3) is 0 Å². The molecular formula is C31H39NO. The van der Waals surface area contributed by atoms with Gasteiger partial charge >= 0.3 is 0 Å². The van der Waals surface area contributed by atoms with E-state index in [4.69, 9.17) is 0 Å². The van der Waals surface area contributed by atoms with Crippen molar-refractivity contribution in [1.82, 2.24) is 0 Å². The second-order valence-corrected chi connectivity index (χ2v) is 8.58. The Morgan fingerprint density at radius 2 is 1.55 bits per heavy atom. The molecule has 2 heteroatoms. The summed E-state index contributed by atoms with van der Waals surface area (Å²) in [6.45, 7) is 10.1. The van der Waals surface area contributed by atoms with Gasteiger partial charge in [-0.2, -0.15) is 0 Å². The number of carbonyl (C=O) groups excluding carboxylic acids is 1. The lowest BCUT2D eigenvalue weighted by Crippen LogP contribution is -2.04. The summed E-state index contributed by atoms with van der Waals surface area (Å²) in [5.74, 6) is 0.785. The highest BCUT2D eigenvalue weighted by Crippen LogP contribution is 2.22. The third kappa shape index (κ3) is 8.81. The first kappa shape index (κ1) is 26.3. The quantitative estimate of drug-likeness (QED) is 0.232. The van der Waals surface area contributed by atoms with E-state index in [9.17, 15) is 4.79 Å². The molecule has 0 N–H and O–H groups in total. The molecule has 0 aliphatic heterocycles. The summed E-state index contributed by atoms with van der Waals surface area (Å²) in [6, 6.07) is 17.8. The van der Waals surface area contributed by atoms with E-state index in [1.807, 2.05) is 39.1 Å². The Morgan fingerprint density at radius 1 is 0.970 bits per heavy atom. The summed E-state index contributed by atoms with van der Waals surface area (Å²) < 4.78 is 0. The standard InChI is InChI=1S/C31H39NO/c1-6-9-10-28(7-2)31(32-5)22-18-25-11-13-27(14-12-25)23-24(4)29-19-15-26(16-20-29)17-21-30(33)8-3/h6-7,9-16,19-20,24H,2,8,17-18,21-23H2,1,3-5H3/b9-6-,28-10+,32-31?. The van der Waals surface area contributed by atoms with Crippen LogP contribution in [0, 0.1) is 0 Å². The van der Waals surface area contributed by atoms with Crippen LogP contribution in [-0.2, 0) is 24.1 Å². The lowest BCUT2D eigenvalue weighted by Gasteiger charge is -2.13. The first-order valence-corrected chi connectivity index (χ1v) is 12.1. The first-order chi connectivity index (χ1) is 16.0. The van der Waals surface area contributed by atoms with Crippen molar-refractivity contribution >= 4 is 11.5 Å². The number of aryl methyl sites for hydroxylation is 2. The Kier molecular flexibility index (Phi) is 11.3. The largest absolute Gasteiger partial charge is 0.300 e. The number of hydrogen-bond acceptors (Lipinski definition) is 2. The number of benzene rings is 2. The van der Waals surface area contributed by atoms with Gasteiger partial charge in [0.1, 0.15) is 5.78 Å². The van der Waals surface area contributed by atoms with E-state index in [0.717, 1.165) is 37.0 Å². The van der Waals surface area contributed by atoms with Crippen molar-refractivity contribution in [3.63, 3.8) is 0 Å². The Bertz CT molecular complexity index is 975. The molecule has 0 aromatic heterocycles. The van der Waals surface area contributed by atoms with Gasteiger partial charge in [0, 0.05) is 25.6 Å². The molecule has 2 aromatic rings. The Hall–Kier alpha value is -3.00. The van der Waals surface area contributed by atoms with Crippen LogP contribution in [0.1, 0.15) is 68.2 Å². The number of rotatable bonds is 13. The smallest absolute Gasteiger partial charge is 0.132 e. The van der Waals surface area contributed by atoms with Crippen LogP contribution < -0.4 is 0 Å². The normalized spacial score (nSPS) is 13.3. The first-order valence-electron chi connectivity index (χ1n) is 12.1. The van der Waals surface area contributed by atoms with Crippen LogP contribution in [0.3, 0.4) is 0 Å². The van der Waals surface area contributed by atoms with E-state index < -0.39 is 0 Å². The van der Waals surface area contributed by atoms with Gasteiger partial charge in [0.15, 0.2) is 0 Å². The third-order valence-electron chi connectivity index (χ3n) is 6.14. The van der Waals surface area contributed by atoms with Crippen molar-refractivity contribution in [2.45, 2.75) is 65.2 Å². The van der Waals surface area contributed by atoms with Gasteiger partial charge in [0.2, 0.25) is 0 Å². The minimum atomic E-state index is 0.334. The molecule has 0 aliphatic rings. The van der Waals surface area contributed by atoms with E-state index in [-0.39, 0.29) is 0 Å². The van der Waals surface area contributed by atoms with Gasteiger partial charge in [0.05, 0.1) is 0 Å². The van der Waals surface area contributed by atoms with E-state index in [2.05, 4.69) is 73.1 Å². The van der Waals surface area contributed by atoms with E-state index in [1.165, 1.54) is 22.3 Å². The number of allylic oxidation sites excluding steroid dienone is 5. The van der Waals surface area contributed by atoms with Crippen molar-refractivity contribution in [1.29, 1.82) is 0 Å². The topological polar surface area (TPSA) is 29.4 Å². The summed E-state index contributed by atoms with van der Waals surface area (Å²) in [5.41, 5.74) is 7.44. The van der Waals surface area contributed by atoms with E-state index in [1.54, 1.807) is 0 Å². The predicted octanol–water partition coefficient (Wildman–Crippen LogP) is 7.64. The van der Waals surface area contributed by atoms with Crippen LogP contribution in [0.4, 0.5) is 0 Å². The van der Waals surface area contributed by atoms with Gasteiger partial charge in [-0.25, -0.2) is 0 Å². The molecule has 1 atom stereocenters. The number of hydrogen-bond donors (Lipinski definition) is 0. The Labute approximate surface area is 200 Å². The Balaban J connectivity index is 1.92. The monoisotopic (exact) mass is 441 g/mol. The highest BCUT2D eigenvalue weighted by molar-refractivity contribution is 6.02. The number of ketones is 1. The summed E-state index contributed by atoms with van der Waals surface area (Å²) >= 11 is 0. The highest BCUT2D eigenvalue weighted by Gasteiger charge is 2.09. The third-order valence-corrected chi connectivity index (χ3v) is 6.14. The van der Waals surface area contributed by atoms with Crippen LogP contribution in [0.5, 0.6) is 0 Å². The molecule has 0 aliphatic carbocycles. The molecule has 0 heterocycles. The molecule has 0 fully saturated rings. The highest BCUT2D eigenvalue weighted by atomic mass is 16.1. The maximum absolute atomic E-state index is 11.5. The molecule has 0 saturated heterocycles. The number of carbonyl (C=O) groups is 1. The van der Waals surface area contributed by atoms with Crippen molar-refractivity contribution in [3.8, 4) is 0 Å². The molecule has 174 valence electrons. The maximum atomic E-state index is 11.5. The second-order valence-electron chi connectivity index (χ2n) is 8.58. The summed E-state index contributed by atoms with van der Waals surface area (Å²) in [6.07, 6.45) is 13.0. The zero-order valence-electron chi connectivity index (χ0n) is 20.8. The fourth-order valence-corrected chi connectivity index (χ4v) is 3.92. The molecule has 0 spiro atoms. The predicted molar refractivity (Wildman–Crippen MR) is 143 cm³/mol. The van der Waals surface area contributed by atoms with Gasteiger partial charge in [0.25, 0.3) is 0 Å². The van der Waals surface area contributed by atoms with Crippen molar-refractivity contribution in [2.24, 2.45) is 4.99 Å². The lowest BCUT2D eigenvalue weighted by atomic mass is 9.92. The molecule has 2 rings (SSSR count). The van der Waals surface area contributed by atoms with Crippen LogP contribution in [0.15, 0.2) is 90.0 Å². The van der Waals surface area contributed by atoms with Crippen molar-refractivity contribution < 1.29 is 4.79 Å². The van der Waals surface area contributed by atoms with Gasteiger partial charge in [-0.15, -0.1) is 0 Å². The van der Waals surface area contributed by atoms with Crippen molar-refractivity contribution in [2.75, 3.05) is 7.05 Å². The lowest BCUT2D eigenvalue weighted by molar-refractivity contribution is -0.118. The van der Waals surface area contributed by atoms with Crippen LogP contribution in [-0.4, -0.2) is 18.5 Å². The van der Waals surface area contributed by atoms with Crippen LogP contribution in [0.2, 0.25) is 0 Å². The molecule has 0 bridgehead atoms. The molecule has 2 nitrogen and oxygen atoms in total. The molecule has 0 saturated carbocycles. The summed E-state index contributed by atoms with van der Waals surface area (Å²) in [7, 11) is 1.85. The summed E-state index contributed by atoms with van der Waals surface area (Å²) in [5, 5.41) is 0. The second kappa shape index (κ2) is 14.2. The minimum absolute atomic E-state index is 0.334. The molecule has 0 amide bonds. The zero-order chi connectivity index (χ0) is 24.1. The molecule has 33 heavy (non-hydrogen) atoms. The summed E-state index contributed by atoms with van der Waals surface area (Å²) in [4.78, 5) is 16.0. The maximum Gasteiger partial charge on any atom is 0.132 e. The molecule has 0 radical (unpaired) electrons. The zero-order valence-corrected chi connectivity index (χ0v) is 20.8. The van der Waals surface area contributed by atoms with Gasteiger partial charge in [-0.3, -0.25) is 9.79 Å². The van der Waals surface area contributed by atoms with E-state index >= 15 is 0 Å². The fourth-order valence-electron chi connectivity index (χ4n) is 3.92. The number of Topliss-reactive ketones (excluding diaryl/α,β-unsaturated/α-hetero) is 1. The average Bonchev–Trinajstić information content (AvgIpc) is 2.85. The van der Waals surface area contributed by atoms with Crippen molar-refractivity contribution in [3.05, 3.63) is 107 Å². The van der Waals surface area contributed by atoms with Gasteiger partial charge in [-0.1, -0.05) is 93.3 Å². The SMILES string of the molecule is C=C/C(=C\C=C/C)C(CCc1ccc(CC(C)c2ccc(CCC(=O)CC)cc2)cc1)=NC. The number of aliphatic imine (C=N–C) groups is 1. The Morgan fingerprint density at radius 3 is 2.09 bits per heavy atom.